The van der Waals surface area contributed by atoms with Crippen molar-refractivity contribution >= 4 is 68.5 Å². The molecule has 18 nitrogen and oxygen atoms in total. The molecule has 0 radical (unpaired) electrons. The van der Waals surface area contributed by atoms with Crippen LogP contribution >= 0.6 is 34.8 Å². The van der Waals surface area contributed by atoms with E-state index in [1.54, 1.807) is 61.9 Å². The highest BCUT2D eigenvalue weighted by atomic mass is 35.5. The van der Waals surface area contributed by atoms with Gasteiger partial charge in [-0.2, -0.15) is 10.4 Å². The first-order valence-corrected chi connectivity index (χ1v) is 23.1. The van der Waals surface area contributed by atoms with Crippen molar-refractivity contribution in [1.82, 2.24) is 30.0 Å². The van der Waals surface area contributed by atoms with Gasteiger partial charge in [-0.25, -0.2) is 17.4 Å². The zero-order chi connectivity index (χ0) is 47.6. The van der Waals surface area contributed by atoms with Crippen LogP contribution in [-0.2, 0) is 29.1 Å². The number of nitriles is 1. The van der Waals surface area contributed by atoms with Crippen LogP contribution in [0.4, 0.5) is 0 Å². The van der Waals surface area contributed by atoms with Crippen molar-refractivity contribution < 1.29 is 37.1 Å². The summed E-state index contributed by atoms with van der Waals surface area (Å²) in [5.41, 5.74) is 9.78. The van der Waals surface area contributed by atoms with Crippen LogP contribution in [0.1, 0.15) is 72.4 Å². The van der Waals surface area contributed by atoms with Gasteiger partial charge in [-0.1, -0.05) is 65.9 Å². The minimum absolute atomic E-state index is 0.106. The predicted octanol–water partition coefficient (Wildman–Crippen LogP) is 7.20. The fourth-order valence-electron chi connectivity index (χ4n) is 6.54. The number of azide groups is 1. The molecule has 4 amide bonds. The number of rotatable bonds is 25. The summed E-state index contributed by atoms with van der Waals surface area (Å²) >= 11 is 18.9. The number of hydrogen-bond acceptors (Lipinski definition) is 11. The van der Waals surface area contributed by atoms with Gasteiger partial charge in [0.2, 0.25) is 11.8 Å². The monoisotopic (exact) mass is 970 g/mol. The van der Waals surface area contributed by atoms with Crippen LogP contribution < -0.4 is 16.0 Å². The van der Waals surface area contributed by atoms with Crippen LogP contribution in [0.5, 0.6) is 0 Å². The lowest BCUT2D eigenvalue weighted by atomic mass is 9.91. The highest BCUT2D eigenvalue weighted by Crippen LogP contribution is 2.34. The largest absolute Gasteiger partial charge is 0.377 e. The van der Waals surface area contributed by atoms with Gasteiger partial charge in [0.15, 0.2) is 5.69 Å². The van der Waals surface area contributed by atoms with Crippen LogP contribution in [0.3, 0.4) is 0 Å². The number of halogens is 3. The molecular weight excluding hydrogens is 923 g/mol. The van der Waals surface area contributed by atoms with E-state index in [4.69, 9.17) is 55.1 Å². The highest BCUT2D eigenvalue weighted by molar-refractivity contribution is 7.89. The molecule has 0 bridgehead atoms. The number of hydrogen-bond donors (Lipinski definition) is 3. The fraction of sp³-hybridized carbons (Fsp3) is 0.395. The number of carbonyl (C=O) groups is 4. The maximum Gasteiger partial charge on any atom is 0.272 e. The second-order valence-corrected chi connectivity index (χ2v) is 17.5. The number of aromatic nitrogens is 2. The summed E-state index contributed by atoms with van der Waals surface area (Å²) in [6, 6.07) is 18.7. The number of ether oxygens (including phenoxy) is 2. The minimum atomic E-state index is -4.37. The topological polar surface area (TPSA) is 251 Å². The fourth-order valence-corrected chi connectivity index (χ4v) is 8.47. The molecule has 1 heterocycles. The summed E-state index contributed by atoms with van der Waals surface area (Å²) in [6.45, 7) is 5.83. The van der Waals surface area contributed by atoms with Crippen molar-refractivity contribution in [2.75, 3.05) is 52.6 Å². The van der Waals surface area contributed by atoms with Crippen molar-refractivity contribution in [3.05, 3.63) is 109 Å². The van der Waals surface area contributed by atoms with Gasteiger partial charge in [0.1, 0.15) is 12.1 Å². The summed E-state index contributed by atoms with van der Waals surface area (Å²) in [7, 11) is -4.37. The maximum atomic E-state index is 14.0. The molecule has 3 N–H and O–H groups in total. The quantitative estimate of drug-likeness (QED) is 0.0198. The first-order chi connectivity index (χ1) is 31.1. The number of benzene rings is 3. The molecule has 4 aromatic rings. The second-order valence-electron chi connectivity index (χ2n) is 14.3. The van der Waals surface area contributed by atoms with Crippen molar-refractivity contribution in [3.63, 3.8) is 0 Å². The number of amides is 4. The van der Waals surface area contributed by atoms with Gasteiger partial charge in [-0.05, 0) is 92.7 Å². The Kier molecular flexibility index (Phi) is 20.1. The molecule has 3 aromatic carbocycles. The van der Waals surface area contributed by atoms with Gasteiger partial charge in [0.25, 0.3) is 21.8 Å². The Morgan fingerprint density at radius 2 is 1.52 bits per heavy atom. The number of sulfonamides is 1. The Bertz CT molecular complexity index is 2510. The van der Waals surface area contributed by atoms with E-state index in [1.165, 1.54) is 24.3 Å². The molecule has 0 saturated heterocycles. The van der Waals surface area contributed by atoms with Gasteiger partial charge >= 0.3 is 0 Å². The molecule has 0 unspecified atom stereocenters. The van der Waals surface area contributed by atoms with Crippen molar-refractivity contribution in [2.45, 2.75) is 63.3 Å². The number of unbranched alkanes of at least 4 members (excludes halogenated alkanes) is 1. The Hall–Kier alpha value is -5.71. The van der Waals surface area contributed by atoms with Gasteiger partial charge in [-0.15, -0.1) is 0 Å². The summed E-state index contributed by atoms with van der Waals surface area (Å²) in [6.07, 6.45) is 1.06. The molecule has 0 atom stereocenters. The predicted molar refractivity (Wildman–Crippen MR) is 245 cm³/mol. The Morgan fingerprint density at radius 3 is 2.12 bits per heavy atom. The van der Waals surface area contributed by atoms with Gasteiger partial charge in [-0.3, -0.25) is 19.2 Å². The van der Waals surface area contributed by atoms with Crippen LogP contribution in [-0.4, -0.2) is 104 Å². The van der Waals surface area contributed by atoms with Crippen molar-refractivity contribution in [3.8, 4) is 23.0 Å². The second kappa shape index (κ2) is 25.1. The molecule has 1 aromatic heterocycles. The zero-order valence-corrected chi connectivity index (χ0v) is 39.1. The molecule has 4 rings (SSSR count). The summed E-state index contributed by atoms with van der Waals surface area (Å²) in [5.74, 6) is -2.20. The molecule has 0 fully saturated rings. The van der Waals surface area contributed by atoms with E-state index in [0.717, 1.165) is 5.56 Å². The Labute approximate surface area is 392 Å². The van der Waals surface area contributed by atoms with Crippen LogP contribution in [0.2, 0.25) is 15.1 Å². The van der Waals surface area contributed by atoms with E-state index in [1.807, 2.05) is 12.1 Å². The molecule has 0 aliphatic heterocycles. The van der Waals surface area contributed by atoms with Crippen LogP contribution in [0.15, 0.2) is 76.7 Å². The molecular formula is C43H49Cl3N10O8S. The van der Waals surface area contributed by atoms with E-state index < -0.39 is 39.8 Å². The molecule has 0 aliphatic carbocycles. The number of carbonyl (C=O) groups excluding carboxylic acids is 4. The Balaban J connectivity index is 1.22. The summed E-state index contributed by atoms with van der Waals surface area (Å²) < 4.78 is 39.5. The average Bonchev–Trinajstić information content (AvgIpc) is 3.64. The highest BCUT2D eigenvalue weighted by Gasteiger charge is 2.38. The summed E-state index contributed by atoms with van der Waals surface area (Å²) in [4.78, 5) is 55.2. The SMILES string of the molecule is CCC(CC)(NC(=O)c1nn(-c2ccc(Cl)cc2Cl)c(-c2ccc(Cl)cc2)c1C)C(=O)NCCOCCOCCNC(=O)c1ccc(S(=O)(=O)N(CC#N)C(=O)CCCCN=[N+]=[N-])cc1. The van der Waals surface area contributed by atoms with Gasteiger partial charge in [0.05, 0.1) is 53.8 Å². The molecule has 0 saturated carbocycles. The molecule has 22 heteroatoms. The van der Waals surface area contributed by atoms with Crippen LogP contribution in [0, 0.1) is 18.3 Å². The molecule has 0 aliphatic rings. The zero-order valence-electron chi connectivity index (χ0n) is 36.0. The van der Waals surface area contributed by atoms with E-state index in [9.17, 15) is 27.6 Å². The van der Waals surface area contributed by atoms with E-state index in [-0.39, 0.29) is 81.0 Å². The minimum Gasteiger partial charge on any atom is -0.377 e. The average molecular weight is 972 g/mol. The van der Waals surface area contributed by atoms with Crippen molar-refractivity contribution in [2.24, 2.45) is 5.11 Å². The van der Waals surface area contributed by atoms with E-state index in [2.05, 4.69) is 31.1 Å². The third-order valence-corrected chi connectivity index (χ3v) is 12.8. The molecule has 0 spiro atoms. The van der Waals surface area contributed by atoms with Crippen LogP contribution in [0.25, 0.3) is 27.4 Å². The number of nitrogens with one attached hydrogen (secondary N) is 3. The lowest BCUT2D eigenvalue weighted by Gasteiger charge is -2.31. The Morgan fingerprint density at radius 1 is 0.892 bits per heavy atom. The standard InChI is InChI=1S/C43H49Cl3N10O8S/c1-4-43(5-2,52-41(59)38-29(3)39(30-9-13-32(44)14-10-30)56(53-38)36-18-15-33(45)28-35(36)46)42(60)50-22-25-64-27-26-63-24-21-49-40(58)31-11-16-34(17-12-31)65(61,62)55(23-19-47)37(57)8-6-7-20-51-54-48/h9-18,28H,4-8,20-27H2,1-3H3,(H,49,58)(H,50,60)(H,52,59). The third-order valence-electron chi connectivity index (χ3n) is 10.2. The molecule has 65 heavy (non-hydrogen) atoms. The lowest BCUT2D eigenvalue weighted by Crippen LogP contribution is -2.58. The normalized spacial score (nSPS) is 11.3. The third kappa shape index (κ3) is 13.9. The first-order valence-electron chi connectivity index (χ1n) is 20.5. The van der Waals surface area contributed by atoms with Gasteiger partial charge in [0, 0.05) is 57.7 Å². The smallest absolute Gasteiger partial charge is 0.272 e. The van der Waals surface area contributed by atoms with Crippen molar-refractivity contribution in [1.29, 1.82) is 5.26 Å². The van der Waals surface area contributed by atoms with Gasteiger partial charge < -0.3 is 25.4 Å². The van der Waals surface area contributed by atoms with E-state index in [0.29, 0.717) is 55.6 Å². The lowest BCUT2D eigenvalue weighted by molar-refractivity contribution is -0.128. The van der Waals surface area contributed by atoms with E-state index >= 15 is 0 Å². The summed E-state index contributed by atoms with van der Waals surface area (Å²) in [5, 5.41) is 27.0. The first kappa shape index (κ1) is 51.9. The maximum absolute atomic E-state index is 14.0. The number of nitrogens with zero attached hydrogens (tertiary/aromatic N) is 7. The molecule has 346 valence electrons.